The summed E-state index contributed by atoms with van der Waals surface area (Å²) in [6.07, 6.45) is 4.35. The second kappa shape index (κ2) is 8.79. The van der Waals surface area contributed by atoms with Crippen LogP contribution >= 0.6 is 11.8 Å². The molecule has 146 valence electrons. The van der Waals surface area contributed by atoms with Crippen molar-refractivity contribution in [1.82, 2.24) is 14.9 Å². The standard InChI is InChI=1S/C18H30N4O3S/c1-7-13-14(20-16(26-6)21-15(13)24-5)19-12-9-8-10-22(11-12)17(23)25-18(2,3)4/h12H,7-11H2,1-6H3,(H,19,20,21). The van der Waals surface area contributed by atoms with Gasteiger partial charge in [0, 0.05) is 19.1 Å². The van der Waals surface area contributed by atoms with Crippen LogP contribution in [0.4, 0.5) is 10.6 Å². The number of nitrogens with zero attached hydrogens (tertiary/aromatic N) is 3. The highest BCUT2D eigenvalue weighted by atomic mass is 32.2. The van der Waals surface area contributed by atoms with Crippen molar-refractivity contribution in [3.05, 3.63) is 5.56 Å². The largest absolute Gasteiger partial charge is 0.481 e. The molecule has 1 atom stereocenters. The van der Waals surface area contributed by atoms with Gasteiger partial charge in [0.15, 0.2) is 5.16 Å². The van der Waals surface area contributed by atoms with Gasteiger partial charge < -0.3 is 19.7 Å². The third kappa shape index (κ3) is 5.40. The Labute approximate surface area is 160 Å². The van der Waals surface area contributed by atoms with Crippen LogP contribution in [0.25, 0.3) is 0 Å². The molecule has 1 amide bonds. The Morgan fingerprint density at radius 2 is 2.12 bits per heavy atom. The molecule has 26 heavy (non-hydrogen) atoms. The van der Waals surface area contributed by atoms with Gasteiger partial charge in [-0.15, -0.1) is 0 Å². The molecule has 0 radical (unpaired) electrons. The Hall–Kier alpha value is -1.70. The van der Waals surface area contributed by atoms with Gasteiger partial charge in [-0.25, -0.2) is 9.78 Å². The number of piperidine rings is 1. The second-order valence-corrected chi connectivity index (χ2v) is 8.08. The lowest BCUT2D eigenvalue weighted by atomic mass is 10.1. The average Bonchev–Trinajstić information content (AvgIpc) is 2.59. The first-order valence-electron chi connectivity index (χ1n) is 9.00. The molecule has 0 saturated carbocycles. The predicted molar refractivity (Wildman–Crippen MR) is 104 cm³/mol. The zero-order valence-electron chi connectivity index (χ0n) is 16.6. The van der Waals surface area contributed by atoms with E-state index in [0.29, 0.717) is 17.6 Å². The molecule has 0 bridgehead atoms. The number of methoxy groups -OCH3 is 1. The van der Waals surface area contributed by atoms with E-state index in [4.69, 9.17) is 9.47 Å². The fourth-order valence-corrected chi connectivity index (χ4v) is 3.28. The second-order valence-electron chi connectivity index (χ2n) is 7.31. The molecule has 2 heterocycles. The summed E-state index contributed by atoms with van der Waals surface area (Å²) in [5, 5.41) is 4.17. The van der Waals surface area contributed by atoms with Crippen molar-refractivity contribution in [3.8, 4) is 5.88 Å². The quantitative estimate of drug-likeness (QED) is 0.616. The summed E-state index contributed by atoms with van der Waals surface area (Å²) in [6.45, 7) is 9.02. The number of carbonyl (C=O) groups excluding carboxylic acids is 1. The predicted octanol–water partition coefficient (Wildman–Crippen LogP) is 3.58. The number of nitrogens with one attached hydrogen (secondary N) is 1. The Morgan fingerprint density at radius 1 is 1.38 bits per heavy atom. The lowest BCUT2D eigenvalue weighted by Crippen LogP contribution is -2.47. The Balaban J connectivity index is 2.14. The van der Waals surface area contributed by atoms with Crippen molar-refractivity contribution in [2.24, 2.45) is 0 Å². The zero-order chi connectivity index (χ0) is 19.3. The van der Waals surface area contributed by atoms with Crippen LogP contribution in [0, 0.1) is 0 Å². The van der Waals surface area contributed by atoms with Crippen LogP contribution in [0.3, 0.4) is 0 Å². The van der Waals surface area contributed by atoms with E-state index in [9.17, 15) is 4.79 Å². The van der Waals surface area contributed by atoms with E-state index in [2.05, 4.69) is 22.2 Å². The first-order chi connectivity index (χ1) is 12.3. The first kappa shape index (κ1) is 20.6. The molecule has 0 aliphatic carbocycles. The molecule has 1 saturated heterocycles. The van der Waals surface area contributed by atoms with Crippen molar-refractivity contribution in [2.45, 2.75) is 63.8 Å². The van der Waals surface area contributed by atoms with Crippen molar-refractivity contribution in [1.29, 1.82) is 0 Å². The Kier molecular flexibility index (Phi) is 6.97. The van der Waals surface area contributed by atoms with Gasteiger partial charge in [0.05, 0.1) is 12.7 Å². The van der Waals surface area contributed by atoms with E-state index in [1.807, 2.05) is 27.0 Å². The van der Waals surface area contributed by atoms with Crippen LogP contribution in [-0.4, -0.2) is 59.1 Å². The number of hydrogen-bond donors (Lipinski definition) is 1. The summed E-state index contributed by atoms with van der Waals surface area (Å²) in [5.41, 5.74) is 0.472. The zero-order valence-corrected chi connectivity index (χ0v) is 17.4. The summed E-state index contributed by atoms with van der Waals surface area (Å²) in [7, 11) is 1.63. The first-order valence-corrected chi connectivity index (χ1v) is 10.2. The van der Waals surface area contributed by atoms with Crippen LogP contribution < -0.4 is 10.1 Å². The summed E-state index contributed by atoms with van der Waals surface area (Å²) in [6, 6.07) is 0.121. The number of thioether (sulfide) groups is 1. The molecular weight excluding hydrogens is 352 g/mol. The van der Waals surface area contributed by atoms with Gasteiger partial charge in [-0.2, -0.15) is 4.98 Å². The number of anilines is 1. The third-order valence-corrected chi connectivity index (χ3v) is 4.64. The maximum Gasteiger partial charge on any atom is 0.410 e. The lowest BCUT2D eigenvalue weighted by molar-refractivity contribution is 0.0206. The van der Waals surface area contributed by atoms with Crippen LogP contribution in [0.15, 0.2) is 5.16 Å². The van der Waals surface area contributed by atoms with Gasteiger partial charge >= 0.3 is 6.09 Å². The molecule has 7 nitrogen and oxygen atoms in total. The average molecular weight is 383 g/mol. The molecule has 0 spiro atoms. The van der Waals surface area contributed by atoms with Gasteiger partial charge in [-0.1, -0.05) is 18.7 Å². The number of hydrogen-bond acceptors (Lipinski definition) is 7. The molecule has 1 aromatic rings. The highest BCUT2D eigenvalue weighted by Gasteiger charge is 2.28. The minimum absolute atomic E-state index is 0.121. The molecule has 2 rings (SSSR count). The Bertz CT molecular complexity index is 634. The molecule has 8 heteroatoms. The minimum atomic E-state index is -0.486. The van der Waals surface area contributed by atoms with E-state index >= 15 is 0 Å². The fraction of sp³-hybridized carbons (Fsp3) is 0.722. The molecule has 1 fully saturated rings. The molecule has 1 aromatic heterocycles. The van der Waals surface area contributed by atoms with Crippen LogP contribution in [0.5, 0.6) is 5.88 Å². The molecule has 1 N–H and O–H groups in total. The van der Waals surface area contributed by atoms with E-state index in [-0.39, 0.29) is 12.1 Å². The smallest absolute Gasteiger partial charge is 0.410 e. The van der Waals surface area contributed by atoms with Gasteiger partial charge in [0.1, 0.15) is 11.4 Å². The van der Waals surface area contributed by atoms with E-state index in [1.54, 1.807) is 12.0 Å². The van der Waals surface area contributed by atoms with Gasteiger partial charge in [-0.05, 0) is 46.3 Å². The lowest BCUT2D eigenvalue weighted by Gasteiger charge is -2.35. The van der Waals surface area contributed by atoms with Crippen molar-refractivity contribution in [3.63, 3.8) is 0 Å². The molecule has 0 aromatic carbocycles. The monoisotopic (exact) mass is 382 g/mol. The molecule has 1 aliphatic heterocycles. The number of rotatable bonds is 5. The highest BCUT2D eigenvalue weighted by Crippen LogP contribution is 2.28. The fourth-order valence-electron chi connectivity index (χ4n) is 2.92. The SMILES string of the molecule is CCc1c(NC2CCCN(C(=O)OC(C)(C)C)C2)nc(SC)nc1OC. The van der Waals surface area contributed by atoms with Gasteiger partial charge in [-0.3, -0.25) is 0 Å². The van der Waals surface area contributed by atoms with Gasteiger partial charge in [0.25, 0.3) is 0 Å². The molecule has 1 unspecified atom stereocenters. The number of carbonyl (C=O) groups is 1. The summed E-state index contributed by atoms with van der Waals surface area (Å²) in [4.78, 5) is 23.2. The highest BCUT2D eigenvalue weighted by molar-refractivity contribution is 7.98. The normalized spacial score (nSPS) is 17.8. The van der Waals surface area contributed by atoms with E-state index in [1.165, 1.54) is 11.8 Å². The van der Waals surface area contributed by atoms with Crippen molar-refractivity contribution in [2.75, 3.05) is 31.8 Å². The third-order valence-electron chi connectivity index (χ3n) is 4.09. The molecule has 1 aliphatic rings. The van der Waals surface area contributed by atoms with Crippen LogP contribution in [-0.2, 0) is 11.2 Å². The molecular formula is C18H30N4O3S. The number of likely N-dealkylation sites (tertiary alicyclic amines) is 1. The van der Waals surface area contributed by atoms with Crippen molar-refractivity contribution >= 4 is 23.7 Å². The minimum Gasteiger partial charge on any atom is -0.481 e. The van der Waals surface area contributed by atoms with E-state index in [0.717, 1.165) is 37.2 Å². The topological polar surface area (TPSA) is 76.6 Å². The summed E-state index contributed by atoms with van der Waals surface area (Å²) >= 11 is 1.48. The van der Waals surface area contributed by atoms with Crippen molar-refractivity contribution < 1.29 is 14.3 Å². The maximum absolute atomic E-state index is 12.4. The van der Waals surface area contributed by atoms with E-state index < -0.39 is 5.60 Å². The Morgan fingerprint density at radius 3 is 2.69 bits per heavy atom. The maximum atomic E-state index is 12.4. The van der Waals surface area contributed by atoms with Crippen LogP contribution in [0.2, 0.25) is 0 Å². The summed E-state index contributed by atoms with van der Waals surface area (Å²) < 4.78 is 10.9. The number of aromatic nitrogens is 2. The number of amides is 1. The summed E-state index contributed by atoms with van der Waals surface area (Å²) in [5.74, 6) is 1.40. The van der Waals surface area contributed by atoms with Gasteiger partial charge in [0.2, 0.25) is 5.88 Å². The number of ether oxygens (including phenoxy) is 2. The van der Waals surface area contributed by atoms with Crippen LogP contribution in [0.1, 0.15) is 46.1 Å².